The average molecular weight is 434 g/mol. The summed E-state index contributed by atoms with van der Waals surface area (Å²) < 4.78 is 18.1. The van der Waals surface area contributed by atoms with Crippen molar-refractivity contribution in [1.82, 2.24) is 9.80 Å². The number of benzene rings is 2. The largest absolute Gasteiger partial charge is 0.450 e. The molecule has 0 aromatic heterocycles. The Kier molecular flexibility index (Phi) is 6.89. The van der Waals surface area contributed by atoms with Crippen LogP contribution in [0.3, 0.4) is 0 Å². The normalized spacial score (nSPS) is 13.7. The van der Waals surface area contributed by atoms with E-state index in [-0.39, 0.29) is 22.7 Å². The van der Waals surface area contributed by atoms with Crippen molar-refractivity contribution in [3.8, 4) is 0 Å². The highest BCUT2D eigenvalue weighted by atomic mass is 35.5. The van der Waals surface area contributed by atoms with Crippen molar-refractivity contribution in [3.63, 3.8) is 0 Å². The van der Waals surface area contributed by atoms with Crippen LogP contribution < -0.4 is 5.32 Å². The number of nitrogens with zero attached hydrogens (tertiary/aromatic N) is 2. The van der Waals surface area contributed by atoms with Gasteiger partial charge in [0.2, 0.25) is 0 Å². The third-order valence-electron chi connectivity index (χ3n) is 4.66. The lowest BCUT2D eigenvalue weighted by Gasteiger charge is -2.34. The number of ether oxygens (including phenoxy) is 1. The van der Waals surface area contributed by atoms with Crippen molar-refractivity contribution in [2.45, 2.75) is 6.92 Å². The third-order valence-corrected chi connectivity index (χ3v) is 4.89. The molecule has 1 saturated heterocycles. The smallest absolute Gasteiger partial charge is 0.409 e. The maximum Gasteiger partial charge on any atom is 0.409 e. The molecule has 2 aromatic carbocycles. The van der Waals surface area contributed by atoms with E-state index in [2.05, 4.69) is 5.32 Å². The molecule has 1 fully saturated rings. The molecule has 1 aliphatic heterocycles. The van der Waals surface area contributed by atoms with E-state index in [1.165, 1.54) is 30.3 Å². The Morgan fingerprint density at radius 2 is 1.67 bits per heavy atom. The van der Waals surface area contributed by atoms with Crippen LogP contribution >= 0.6 is 11.6 Å². The highest BCUT2D eigenvalue weighted by Gasteiger charge is 2.27. The molecule has 2 aromatic rings. The quantitative estimate of drug-likeness (QED) is 0.798. The number of nitrogens with one attached hydrogen (secondary N) is 1. The van der Waals surface area contributed by atoms with E-state index in [1.54, 1.807) is 28.9 Å². The highest BCUT2D eigenvalue weighted by Crippen LogP contribution is 2.24. The third kappa shape index (κ3) is 5.07. The SMILES string of the molecule is CCOC(=O)N1CCN(C(=O)c2ccc(Cl)cc2NC(=O)c2ccc(F)cc2)CC1. The molecule has 0 radical (unpaired) electrons. The summed E-state index contributed by atoms with van der Waals surface area (Å²) in [4.78, 5) is 40.5. The van der Waals surface area contributed by atoms with Gasteiger partial charge in [0, 0.05) is 36.8 Å². The fraction of sp³-hybridized carbons (Fsp3) is 0.286. The maximum atomic E-state index is 13.1. The monoisotopic (exact) mass is 433 g/mol. The molecule has 0 bridgehead atoms. The molecule has 1 aliphatic rings. The first kappa shape index (κ1) is 21.6. The molecule has 158 valence electrons. The van der Waals surface area contributed by atoms with Crippen molar-refractivity contribution in [1.29, 1.82) is 0 Å². The van der Waals surface area contributed by atoms with E-state index in [0.717, 1.165) is 0 Å². The van der Waals surface area contributed by atoms with E-state index in [4.69, 9.17) is 16.3 Å². The first-order chi connectivity index (χ1) is 14.4. The highest BCUT2D eigenvalue weighted by molar-refractivity contribution is 6.31. The Morgan fingerprint density at radius 1 is 1.03 bits per heavy atom. The van der Waals surface area contributed by atoms with Crippen LogP contribution in [0.25, 0.3) is 0 Å². The molecule has 9 heteroatoms. The van der Waals surface area contributed by atoms with Crippen molar-refractivity contribution < 1.29 is 23.5 Å². The molecule has 0 saturated carbocycles. The van der Waals surface area contributed by atoms with Gasteiger partial charge in [-0.2, -0.15) is 0 Å². The Morgan fingerprint density at radius 3 is 2.30 bits per heavy atom. The van der Waals surface area contributed by atoms with Crippen LogP contribution in [0.15, 0.2) is 42.5 Å². The van der Waals surface area contributed by atoms with Crippen LogP contribution in [0.2, 0.25) is 5.02 Å². The van der Waals surface area contributed by atoms with Crippen LogP contribution in [-0.4, -0.2) is 60.5 Å². The molecule has 3 rings (SSSR count). The average Bonchev–Trinajstić information content (AvgIpc) is 2.74. The number of hydrogen-bond donors (Lipinski definition) is 1. The summed E-state index contributed by atoms with van der Waals surface area (Å²) in [6.07, 6.45) is -0.400. The van der Waals surface area contributed by atoms with Gasteiger partial charge in [-0.05, 0) is 49.4 Å². The Balaban J connectivity index is 1.73. The number of amides is 3. The molecule has 0 atom stereocenters. The lowest BCUT2D eigenvalue weighted by Crippen LogP contribution is -2.50. The van der Waals surface area contributed by atoms with Gasteiger partial charge in [0.1, 0.15) is 5.82 Å². The number of piperazine rings is 1. The van der Waals surface area contributed by atoms with Gasteiger partial charge in [-0.3, -0.25) is 9.59 Å². The van der Waals surface area contributed by atoms with Gasteiger partial charge < -0.3 is 19.9 Å². The topological polar surface area (TPSA) is 79.0 Å². The Labute approximate surface area is 178 Å². The zero-order valence-electron chi connectivity index (χ0n) is 16.4. The van der Waals surface area contributed by atoms with Crippen molar-refractivity contribution in [2.75, 3.05) is 38.1 Å². The van der Waals surface area contributed by atoms with E-state index in [9.17, 15) is 18.8 Å². The number of anilines is 1. The van der Waals surface area contributed by atoms with E-state index < -0.39 is 17.8 Å². The molecule has 1 heterocycles. The van der Waals surface area contributed by atoms with Crippen LogP contribution in [0.4, 0.5) is 14.9 Å². The first-order valence-electron chi connectivity index (χ1n) is 9.46. The van der Waals surface area contributed by atoms with Crippen molar-refractivity contribution in [3.05, 3.63) is 64.4 Å². The van der Waals surface area contributed by atoms with Gasteiger partial charge in [-0.1, -0.05) is 11.6 Å². The van der Waals surface area contributed by atoms with Crippen LogP contribution in [0, 0.1) is 5.82 Å². The summed E-state index contributed by atoms with van der Waals surface area (Å²) in [5, 5.41) is 3.03. The Bertz CT molecular complexity index is 944. The number of halogens is 2. The summed E-state index contributed by atoms with van der Waals surface area (Å²) in [6.45, 7) is 3.42. The zero-order chi connectivity index (χ0) is 21.7. The molecule has 7 nitrogen and oxygen atoms in total. The minimum atomic E-state index is -0.488. The standard InChI is InChI=1S/C21H21ClFN3O4/c1-2-30-21(29)26-11-9-25(10-12-26)20(28)17-8-5-15(22)13-18(17)24-19(27)14-3-6-16(23)7-4-14/h3-8,13H,2,9-12H2,1H3,(H,24,27). The van der Waals surface area contributed by atoms with E-state index >= 15 is 0 Å². The van der Waals surface area contributed by atoms with Gasteiger partial charge in [0.15, 0.2) is 0 Å². The summed E-state index contributed by atoms with van der Waals surface area (Å²) in [5.41, 5.74) is 0.784. The molecule has 0 unspecified atom stereocenters. The summed E-state index contributed by atoms with van der Waals surface area (Å²) in [6, 6.07) is 9.67. The number of carbonyl (C=O) groups is 3. The predicted molar refractivity (Wildman–Crippen MR) is 110 cm³/mol. The second-order valence-corrected chi connectivity index (χ2v) is 7.07. The van der Waals surface area contributed by atoms with Gasteiger partial charge in [-0.15, -0.1) is 0 Å². The molecule has 30 heavy (non-hydrogen) atoms. The Hall–Kier alpha value is -3.13. The van der Waals surface area contributed by atoms with Crippen molar-refractivity contribution >= 4 is 35.2 Å². The second kappa shape index (κ2) is 9.58. The van der Waals surface area contributed by atoms with Gasteiger partial charge in [0.25, 0.3) is 11.8 Å². The number of rotatable bonds is 4. The molecule has 0 spiro atoms. The lowest BCUT2D eigenvalue weighted by molar-refractivity contribution is 0.0571. The summed E-state index contributed by atoms with van der Waals surface area (Å²) in [7, 11) is 0. The fourth-order valence-corrected chi connectivity index (χ4v) is 3.25. The number of hydrogen-bond acceptors (Lipinski definition) is 4. The van der Waals surface area contributed by atoms with Gasteiger partial charge in [-0.25, -0.2) is 9.18 Å². The number of carbonyl (C=O) groups excluding carboxylic acids is 3. The molecule has 3 amide bonds. The minimum absolute atomic E-state index is 0.248. The minimum Gasteiger partial charge on any atom is -0.450 e. The molecular weight excluding hydrogens is 413 g/mol. The first-order valence-corrected chi connectivity index (χ1v) is 9.84. The molecular formula is C21H21ClFN3O4. The van der Waals surface area contributed by atoms with Gasteiger partial charge in [0.05, 0.1) is 17.9 Å². The van der Waals surface area contributed by atoms with Crippen molar-refractivity contribution in [2.24, 2.45) is 0 Å². The second-order valence-electron chi connectivity index (χ2n) is 6.63. The molecule has 0 aliphatic carbocycles. The summed E-state index contributed by atoms with van der Waals surface area (Å²) >= 11 is 6.06. The van der Waals surface area contributed by atoms with Crippen LogP contribution in [-0.2, 0) is 4.74 Å². The zero-order valence-corrected chi connectivity index (χ0v) is 17.1. The van der Waals surface area contributed by atoms with E-state index in [1.807, 2.05) is 0 Å². The molecule has 1 N–H and O–H groups in total. The van der Waals surface area contributed by atoms with Crippen LogP contribution in [0.1, 0.15) is 27.6 Å². The van der Waals surface area contributed by atoms with E-state index in [0.29, 0.717) is 37.8 Å². The van der Waals surface area contributed by atoms with Crippen LogP contribution in [0.5, 0.6) is 0 Å². The predicted octanol–water partition coefficient (Wildman–Crippen LogP) is 3.65. The van der Waals surface area contributed by atoms with Gasteiger partial charge >= 0.3 is 6.09 Å². The fourth-order valence-electron chi connectivity index (χ4n) is 3.08. The maximum absolute atomic E-state index is 13.1. The summed E-state index contributed by atoms with van der Waals surface area (Å²) in [5.74, 6) is -1.23. The lowest BCUT2D eigenvalue weighted by atomic mass is 10.1.